The molecule has 0 aromatic heterocycles. The highest BCUT2D eigenvalue weighted by Crippen LogP contribution is 2.23. The van der Waals surface area contributed by atoms with Crippen molar-refractivity contribution in [3.63, 3.8) is 0 Å². The number of aryl methyl sites for hydroxylation is 2. The van der Waals surface area contributed by atoms with Crippen LogP contribution in [-0.2, 0) is 16.1 Å². The number of rotatable bonds is 6. The highest BCUT2D eigenvalue weighted by Gasteiger charge is 2.24. The molecule has 132 valence electrons. The zero-order chi connectivity index (χ0) is 16.8. The summed E-state index contributed by atoms with van der Waals surface area (Å²) in [6.45, 7) is 6.56. The summed E-state index contributed by atoms with van der Waals surface area (Å²) in [6, 6.07) is 8.65. The minimum absolute atomic E-state index is 0.297. The second kappa shape index (κ2) is 8.63. The van der Waals surface area contributed by atoms with Gasteiger partial charge in [-0.25, -0.2) is 0 Å². The van der Waals surface area contributed by atoms with Gasteiger partial charge in [0.05, 0.1) is 6.61 Å². The number of hydroxylamine groups is 2. The first-order valence-electron chi connectivity index (χ1n) is 9.42. The Kier molecular flexibility index (Phi) is 6.27. The predicted octanol–water partition coefficient (Wildman–Crippen LogP) is 3.19. The molecule has 24 heavy (non-hydrogen) atoms. The van der Waals surface area contributed by atoms with Crippen LogP contribution < -0.4 is 0 Å². The number of hydrogen-bond acceptors (Lipinski definition) is 3. The van der Waals surface area contributed by atoms with E-state index in [4.69, 9.17) is 4.84 Å². The summed E-state index contributed by atoms with van der Waals surface area (Å²) < 4.78 is 0. The number of piperidine rings is 1. The second-order valence-electron chi connectivity index (χ2n) is 7.18. The molecule has 2 fully saturated rings. The topological polar surface area (TPSA) is 32.8 Å². The Morgan fingerprint density at radius 1 is 1.25 bits per heavy atom. The summed E-state index contributed by atoms with van der Waals surface area (Å²) in [6.07, 6.45) is 6.38. The van der Waals surface area contributed by atoms with Gasteiger partial charge >= 0.3 is 0 Å². The summed E-state index contributed by atoms with van der Waals surface area (Å²) in [5.74, 6) is 0.941. The largest absolute Gasteiger partial charge is 0.342 e. The van der Waals surface area contributed by atoms with Gasteiger partial charge in [-0.05, 0) is 56.1 Å². The van der Waals surface area contributed by atoms with Crippen LogP contribution in [0.15, 0.2) is 24.3 Å². The normalized spacial score (nSPS) is 22.0. The molecule has 1 atom stereocenters. The lowest BCUT2D eigenvalue weighted by molar-refractivity contribution is -0.140. The highest BCUT2D eigenvalue weighted by molar-refractivity contribution is 5.76. The van der Waals surface area contributed by atoms with E-state index in [1.807, 2.05) is 5.06 Å². The third-order valence-corrected chi connectivity index (χ3v) is 5.36. The molecule has 0 radical (unpaired) electrons. The average molecular weight is 330 g/mol. The maximum Gasteiger partial charge on any atom is 0.223 e. The standard InChI is InChI=1S/C20H30N2O2/c1-17-6-2-3-8-19(17)10-9-18-7-4-12-21(16-18)20(23)11-14-22-13-5-15-24-22/h2-3,6,8,18H,4-5,7,9-16H2,1H3. The number of carbonyl (C=O) groups is 1. The fraction of sp³-hybridized carbons (Fsp3) is 0.650. The molecule has 0 spiro atoms. The molecule has 2 heterocycles. The van der Waals surface area contributed by atoms with Gasteiger partial charge in [-0.15, -0.1) is 0 Å². The van der Waals surface area contributed by atoms with Crippen molar-refractivity contribution in [2.75, 3.05) is 32.8 Å². The molecular formula is C20H30N2O2. The Morgan fingerprint density at radius 3 is 2.92 bits per heavy atom. The highest BCUT2D eigenvalue weighted by atomic mass is 16.7. The summed E-state index contributed by atoms with van der Waals surface area (Å²) in [5.41, 5.74) is 2.83. The molecule has 1 amide bonds. The molecule has 1 aromatic rings. The van der Waals surface area contributed by atoms with Gasteiger partial charge in [0, 0.05) is 32.6 Å². The molecule has 0 saturated carbocycles. The fourth-order valence-electron chi connectivity index (χ4n) is 3.83. The van der Waals surface area contributed by atoms with E-state index in [2.05, 4.69) is 36.1 Å². The van der Waals surface area contributed by atoms with Crippen molar-refractivity contribution in [2.24, 2.45) is 5.92 Å². The van der Waals surface area contributed by atoms with Gasteiger partial charge in [-0.1, -0.05) is 24.3 Å². The van der Waals surface area contributed by atoms with Crippen LogP contribution in [0.3, 0.4) is 0 Å². The summed E-state index contributed by atoms with van der Waals surface area (Å²) in [5, 5.41) is 1.94. The Morgan fingerprint density at radius 2 is 2.12 bits per heavy atom. The van der Waals surface area contributed by atoms with E-state index in [-0.39, 0.29) is 0 Å². The van der Waals surface area contributed by atoms with E-state index in [1.165, 1.54) is 24.0 Å². The molecule has 0 N–H and O–H groups in total. The predicted molar refractivity (Wildman–Crippen MR) is 95.6 cm³/mol. The lowest BCUT2D eigenvalue weighted by Gasteiger charge is -2.33. The van der Waals surface area contributed by atoms with Crippen LogP contribution in [0.25, 0.3) is 0 Å². The van der Waals surface area contributed by atoms with Crippen LogP contribution in [0, 0.1) is 12.8 Å². The summed E-state index contributed by atoms with van der Waals surface area (Å²) in [7, 11) is 0. The molecule has 3 rings (SSSR count). The number of amides is 1. The maximum absolute atomic E-state index is 12.5. The van der Waals surface area contributed by atoms with Crippen molar-refractivity contribution >= 4 is 5.91 Å². The summed E-state index contributed by atoms with van der Waals surface area (Å²) >= 11 is 0. The van der Waals surface area contributed by atoms with E-state index in [9.17, 15) is 4.79 Å². The van der Waals surface area contributed by atoms with Crippen molar-refractivity contribution in [3.05, 3.63) is 35.4 Å². The van der Waals surface area contributed by atoms with Crippen molar-refractivity contribution in [1.82, 2.24) is 9.96 Å². The van der Waals surface area contributed by atoms with E-state index >= 15 is 0 Å². The van der Waals surface area contributed by atoms with Gasteiger partial charge in [-0.3, -0.25) is 9.63 Å². The monoisotopic (exact) mass is 330 g/mol. The summed E-state index contributed by atoms with van der Waals surface area (Å²) in [4.78, 5) is 20.0. The smallest absolute Gasteiger partial charge is 0.223 e. The zero-order valence-electron chi connectivity index (χ0n) is 14.9. The average Bonchev–Trinajstić information content (AvgIpc) is 3.13. The lowest BCUT2D eigenvalue weighted by atomic mass is 9.90. The van der Waals surface area contributed by atoms with Gasteiger partial charge in [0.25, 0.3) is 0 Å². The zero-order valence-corrected chi connectivity index (χ0v) is 14.9. The van der Waals surface area contributed by atoms with E-state index in [0.717, 1.165) is 52.0 Å². The van der Waals surface area contributed by atoms with Crippen molar-refractivity contribution < 1.29 is 9.63 Å². The van der Waals surface area contributed by atoms with Gasteiger partial charge in [0.15, 0.2) is 0 Å². The quantitative estimate of drug-likeness (QED) is 0.803. The number of nitrogens with zero attached hydrogens (tertiary/aromatic N) is 2. The molecule has 2 aliphatic heterocycles. The molecule has 4 nitrogen and oxygen atoms in total. The van der Waals surface area contributed by atoms with Crippen LogP contribution in [0.5, 0.6) is 0 Å². The molecule has 1 aromatic carbocycles. The van der Waals surface area contributed by atoms with E-state index < -0.39 is 0 Å². The second-order valence-corrected chi connectivity index (χ2v) is 7.18. The van der Waals surface area contributed by atoms with Crippen molar-refractivity contribution in [2.45, 2.75) is 45.4 Å². The van der Waals surface area contributed by atoms with Gasteiger partial charge < -0.3 is 4.90 Å². The minimum atomic E-state index is 0.297. The molecular weight excluding hydrogens is 300 g/mol. The third kappa shape index (κ3) is 4.81. The van der Waals surface area contributed by atoms with Crippen LogP contribution in [-0.4, -0.2) is 48.7 Å². The molecule has 2 saturated heterocycles. The van der Waals surface area contributed by atoms with Crippen LogP contribution in [0.2, 0.25) is 0 Å². The first-order chi connectivity index (χ1) is 11.7. The molecule has 4 heteroatoms. The number of benzene rings is 1. The Balaban J connectivity index is 1.43. The fourth-order valence-corrected chi connectivity index (χ4v) is 3.83. The lowest BCUT2D eigenvalue weighted by Crippen LogP contribution is -2.41. The van der Waals surface area contributed by atoms with Crippen LogP contribution in [0.4, 0.5) is 0 Å². The molecule has 2 aliphatic rings. The minimum Gasteiger partial charge on any atom is -0.342 e. The Labute approximate surface area is 145 Å². The van der Waals surface area contributed by atoms with Crippen molar-refractivity contribution in [1.29, 1.82) is 0 Å². The molecule has 0 aliphatic carbocycles. The van der Waals surface area contributed by atoms with Gasteiger partial charge in [0.2, 0.25) is 5.91 Å². The Bertz CT molecular complexity index is 540. The molecule has 1 unspecified atom stereocenters. The SMILES string of the molecule is Cc1ccccc1CCC1CCCN(C(=O)CCN2CCCO2)C1. The van der Waals surface area contributed by atoms with Gasteiger partial charge in [0.1, 0.15) is 0 Å². The number of likely N-dealkylation sites (tertiary alicyclic amines) is 1. The maximum atomic E-state index is 12.5. The van der Waals surface area contributed by atoms with E-state index in [0.29, 0.717) is 18.2 Å². The number of carbonyl (C=O) groups excluding carboxylic acids is 1. The first kappa shape index (κ1) is 17.4. The third-order valence-electron chi connectivity index (χ3n) is 5.36. The first-order valence-corrected chi connectivity index (χ1v) is 9.42. The van der Waals surface area contributed by atoms with Crippen molar-refractivity contribution in [3.8, 4) is 0 Å². The van der Waals surface area contributed by atoms with Crippen LogP contribution >= 0.6 is 0 Å². The molecule has 0 bridgehead atoms. The van der Waals surface area contributed by atoms with E-state index in [1.54, 1.807) is 0 Å². The van der Waals surface area contributed by atoms with Gasteiger partial charge in [-0.2, -0.15) is 5.06 Å². The number of hydrogen-bond donors (Lipinski definition) is 0. The van der Waals surface area contributed by atoms with Crippen LogP contribution in [0.1, 0.15) is 43.2 Å². The Hall–Kier alpha value is -1.39.